The molecule has 1 aromatic rings. The van der Waals surface area contributed by atoms with E-state index in [9.17, 15) is 4.21 Å². The monoisotopic (exact) mass is 355 g/mol. The number of hydrogen-bond acceptors (Lipinski definition) is 2. The molecule has 0 radical (unpaired) electrons. The van der Waals surface area contributed by atoms with Gasteiger partial charge in [-0.2, -0.15) is 0 Å². The van der Waals surface area contributed by atoms with Gasteiger partial charge >= 0.3 is 0 Å². The standard InChI is InChI=1S/C18H33NO2SSi/c1-14(2)17(13-21-23(7,8)18(4,5)6)19-22(20)16-11-9-15(3)10-12-16/h9-12,14,17,19H,13H2,1-8H3/t17-,22+/m1/s1. The molecule has 0 fully saturated rings. The summed E-state index contributed by atoms with van der Waals surface area (Å²) in [6, 6.07) is 7.90. The smallest absolute Gasteiger partial charge is 0.192 e. The average molecular weight is 356 g/mol. The lowest BCUT2D eigenvalue weighted by molar-refractivity contribution is 0.230. The molecule has 3 nitrogen and oxygen atoms in total. The zero-order valence-electron chi connectivity index (χ0n) is 15.9. The van der Waals surface area contributed by atoms with Gasteiger partial charge in [0.1, 0.15) is 11.0 Å². The molecule has 0 aliphatic rings. The minimum absolute atomic E-state index is 0.0752. The van der Waals surface area contributed by atoms with Crippen LogP contribution in [0.25, 0.3) is 0 Å². The van der Waals surface area contributed by atoms with Gasteiger partial charge in [0.25, 0.3) is 0 Å². The molecule has 23 heavy (non-hydrogen) atoms. The Kier molecular flexibility index (Phi) is 7.20. The maximum absolute atomic E-state index is 12.5. The fourth-order valence-electron chi connectivity index (χ4n) is 1.74. The minimum atomic E-state index is -1.79. The Morgan fingerprint density at radius 1 is 1.17 bits per heavy atom. The van der Waals surface area contributed by atoms with Gasteiger partial charge in [-0.15, -0.1) is 0 Å². The normalized spacial score (nSPS) is 15.7. The van der Waals surface area contributed by atoms with Crippen LogP contribution in [-0.4, -0.2) is 25.2 Å². The minimum Gasteiger partial charge on any atom is -0.415 e. The summed E-state index contributed by atoms with van der Waals surface area (Å²) in [5.74, 6) is 0.356. The average Bonchev–Trinajstić information content (AvgIpc) is 2.42. The molecule has 0 saturated carbocycles. The van der Waals surface area contributed by atoms with Crippen molar-refractivity contribution in [2.24, 2.45) is 5.92 Å². The predicted octanol–water partition coefficient (Wildman–Crippen LogP) is 4.65. The van der Waals surface area contributed by atoms with E-state index in [1.54, 1.807) is 0 Å². The van der Waals surface area contributed by atoms with E-state index in [-0.39, 0.29) is 11.1 Å². The van der Waals surface area contributed by atoms with Crippen molar-refractivity contribution in [3.05, 3.63) is 29.8 Å². The molecule has 0 unspecified atom stereocenters. The molecule has 1 rings (SSSR count). The summed E-state index contributed by atoms with van der Waals surface area (Å²) >= 11 is 0. The predicted molar refractivity (Wildman–Crippen MR) is 102 cm³/mol. The highest BCUT2D eigenvalue weighted by molar-refractivity contribution is 7.83. The number of benzene rings is 1. The maximum atomic E-state index is 12.5. The Morgan fingerprint density at radius 2 is 1.70 bits per heavy atom. The molecule has 132 valence electrons. The molecule has 0 aromatic heterocycles. The van der Waals surface area contributed by atoms with E-state index < -0.39 is 19.3 Å². The molecule has 0 spiro atoms. The Labute approximate surface area is 145 Å². The molecule has 0 saturated heterocycles. The van der Waals surface area contributed by atoms with Gasteiger partial charge in [0.2, 0.25) is 0 Å². The molecule has 1 N–H and O–H groups in total. The van der Waals surface area contributed by atoms with E-state index in [0.717, 1.165) is 4.90 Å². The SMILES string of the molecule is Cc1ccc([S@](=O)N[C@H](CO[Si](C)(C)C(C)(C)C)C(C)C)cc1. The van der Waals surface area contributed by atoms with Crippen molar-refractivity contribution in [2.45, 2.75) is 70.6 Å². The first kappa shape index (κ1) is 20.6. The highest BCUT2D eigenvalue weighted by Gasteiger charge is 2.37. The summed E-state index contributed by atoms with van der Waals surface area (Å²) in [6.07, 6.45) is 0. The number of rotatable bonds is 7. The van der Waals surface area contributed by atoms with Crippen LogP contribution in [0.15, 0.2) is 29.2 Å². The highest BCUT2D eigenvalue weighted by Crippen LogP contribution is 2.36. The van der Waals surface area contributed by atoms with Crippen LogP contribution in [0.4, 0.5) is 0 Å². The van der Waals surface area contributed by atoms with Gasteiger partial charge < -0.3 is 4.43 Å². The number of aryl methyl sites for hydroxylation is 1. The summed E-state index contributed by atoms with van der Waals surface area (Å²) in [4.78, 5) is 0.813. The lowest BCUT2D eigenvalue weighted by Gasteiger charge is -2.37. The van der Waals surface area contributed by atoms with Crippen molar-refractivity contribution in [3.8, 4) is 0 Å². The second-order valence-electron chi connectivity index (χ2n) is 8.12. The fraction of sp³-hybridized carbons (Fsp3) is 0.667. The molecular formula is C18H33NO2SSi. The van der Waals surface area contributed by atoms with Crippen LogP contribution >= 0.6 is 0 Å². The molecule has 1 aromatic carbocycles. The summed E-state index contributed by atoms with van der Waals surface area (Å²) in [6.45, 7) is 18.1. The van der Waals surface area contributed by atoms with Crippen LogP contribution in [0, 0.1) is 12.8 Å². The van der Waals surface area contributed by atoms with E-state index >= 15 is 0 Å². The molecular weight excluding hydrogens is 322 g/mol. The van der Waals surface area contributed by atoms with Crippen LogP contribution in [0.3, 0.4) is 0 Å². The quantitative estimate of drug-likeness (QED) is 0.723. The Hall–Kier alpha value is -0.493. The Bertz CT molecular complexity index is 521. The van der Waals surface area contributed by atoms with Crippen molar-refractivity contribution < 1.29 is 8.63 Å². The van der Waals surface area contributed by atoms with Gasteiger partial charge in [0.05, 0.1) is 11.5 Å². The van der Waals surface area contributed by atoms with E-state index in [0.29, 0.717) is 12.5 Å². The van der Waals surface area contributed by atoms with E-state index in [1.807, 2.05) is 31.2 Å². The van der Waals surface area contributed by atoms with E-state index in [1.165, 1.54) is 5.56 Å². The Morgan fingerprint density at radius 3 is 2.13 bits per heavy atom. The molecule has 5 heteroatoms. The number of nitrogens with one attached hydrogen (secondary N) is 1. The largest absolute Gasteiger partial charge is 0.415 e. The van der Waals surface area contributed by atoms with Gasteiger partial charge in [0, 0.05) is 6.04 Å². The van der Waals surface area contributed by atoms with E-state index in [4.69, 9.17) is 4.43 Å². The third kappa shape index (κ3) is 6.14. The summed E-state index contributed by atoms with van der Waals surface area (Å²) < 4.78 is 22.1. The molecule has 0 aliphatic heterocycles. The summed E-state index contributed by atoms with van der Waals surface area (Å²) in [5, 5.41) is 0.185. The zero-order valence-corrected chi connectivity index (χ0v) is 17.7. The summed E-state index contributed by atoms with van der Waals surface area (Å²) in [5.41, 5.74) is 1.17. The van der Waals surface area contributed by atoms with Gasteiger partial charge in [0.15, 0.2) is 8.32 Å². The first-order valence-electron chi connectivity index (χ1n) is 8.32. The Balaban J connectivity index is 2.72. The topological polar surface area (TPSA) is 38.3 Å². The van der Waals surface area contributed by atoms with E-state index in [2.05, 4.69) is 52.4 Å². The molecule has 0 aliphatic carbocycles. The summed E-state index contributed by atoms with van der Waals surface area (Å²) in [7, 11) is -3.00. The van der Waals surface area contributed by atoms with Crippen molar-refractivity contribution in [1.82, 2.24) is 4.72 Å². The van der Waals surface area contributed by atoms with Gasteiger partial charge in [-0.3, -0.25) is 0 Å². The first-order valence-corrected chi connectivity index (χ1v) is 12.4. The molecule has 0 heterocycles. The third-order valence-electron chi connectivity index (χ3n) is 4.73. The van der Waals surface area contributed by atoms with Gasteiger partial charge in [-0.1, -0.05) is 52.3 Å². The van der Waals surface area contributed by atoms with Crippen LogP contribution in [0.5, 0.6) is 0 Å². The number of hydrogen-bond donors (Lipinski definition) is 1. The van der Waals surface area contributed by atoms with Crippen LogP contribution < -0.4 is 4.72 Å². The van der Waals surface area contributed by atoms with Crippen molar-refractivity contribution >= 4 is 19.3 Å². The van der Waals surface area contributed by atoms with Crippen molar-refractivity contribution in [2.75, 3.05) is 6.61 Å². The van der Waals surface area contributed by atoms with Gasteiger partial charge in [-0.05, 0) is 43.1 Å². The maximum Gasteiger partial charge on any atom is 0.192 e. The lowest BCUT2D eigenvalue weighted by atomic mass is 10.1. The van der Waals surface area contributed by atoms with Crippen LogP contribution in [0.1, 0.15) is 40.2 Å². The third-order valence-corrected chi connectivity index (χ3v) is 10.4. The van der Waals surface area contributed by atoms with Crippen molar-refractivity contribution in [3.63, 3.8) is 0 Å². The molecule has 0 amide bonds. The fourth-order valence-corrected chi connectivity index (χ4v) is 3.91. The van der Waals surface area contributed by atoms with Crippen molar-refractivity contribution in [1.29, 1.82) is 0 Å². The molecule has 2 atom stereocenters. The second-order valence-corrected chi connectivity index (χ2v) is 14.2. The van der Waals surface area contributed by atoms with Crippen LogP contribution in [0.2, 0.25) is 18.1 Å². The van der Waals surface area contributed by atoms with Gasteiger partial charge in [-0.25, -0.2) is 8.93 Å². The molecule has 0 bridgehead atoms. The highest BCUT2D eigenvalue weighted by atomic mass is 32.2. The second kappa shape index (κ2) is 8.06. The zero-order chi connectivity index (χ0) is 17.8. The van der Waals surface area contributed by atoms with Crippen LogP contribution in [-0.2, 0) is 15.4 Å². The lowest BCUT2D eigenvalue weighted by Crippen LogP contribution is -2.47. The first-order chi connectivity index (χ1) is 10.4.